The number of phenols is 1. The molecule has 0 atom stereocenters. The molecule has 0 unspecified atom stereocenters. The van der Waals surface area contributed by atoms with Gasteiger partial charge in [-0.25, -0.2) is 13.8 Å². The van der Waals surface area contributed by atoms with E-state index in [0.29, 0.717) is 5.56 Å². The number of likely N-dealkylation sites (N-methyl/N-ethyl adjacent to an activating group) is 1. The Bertz CT molecular complexity index is 1200. The fourth-order valence-corrected chi connectivity index (χ4v) is 4.17. The molecule has 0 aliphatic heterocycles. The number of benzene rings is 3. The summed E-state index contributed by atoms with van der Waals surface area (Å²) in [4.78, 5) is 12.2. The topological polar surface area (TPSA) is 99.1 Å². The lowest BCUT2D eigenvalue weighted by molar-refractivity contribution is -0.121. The summed E-state index contributed by atoms with van der Waals surface area (Å²) in [5.41, 5.74) is 2.66. The van der Waals surface area contributed by atoms with Crippen LogP contribution in [0.1, 0.15) is 5.56 Å². The minimum Gasteiger partial charge on any atom is -0.507 e. The van der Waals surface area contributed by atoms with Gasteiger partial charge in [-0.05, 0) is 41.1 Å². The van der Waals surface area contributed by atoms with Gasteiger partial charge in [0.25, 0.3) is 5.91 Å². The fourth-order valence-electron chi connectivity index (χ4n) is 2.63. The first kappa shape index (κ1) is 21.0. The van der Waals surface area contributed by atoms with Gasteiger partial charge in [0.15, 0.2) is 0 Å². The number of hydrazone groups is 1. The molecule has 1 amide bonds. The summed E-state index contributed by atoms with van der Waals surface area (Å²) in [6, 6.07) is 17.0. The Morgan fingerprint density at radius 2 is 1.86 bits per heavy atom. The molecule has 29 heavy (non-hydrogen) atoms. The summed E-state index contributed by atoms with van der Waals surface area (Å²) in [5, 5.41) is 15.2. The van der Waals surface area contributed by atoms with Crippen molar-refractivity contribution in [3.8, 4) is 5.75 Å². The van der Waals surface area contributed by atoms with E-state index in [1.807, 2.05) is 24.3 Å². The summed E-state index contributed by atoms with van der Waals surface area (Å²) in [6.07, 6.45) is 1.27. The number of phenolic OH excluding ortho intramolecular Hbond substituents is 1. The number of carbonyl (C=O) groups excluding carboxylic acids is 1. The van der Waals surface area contributed by atoms with E-state index in [1.165, 1.54) is 25.4 Å². The fraction of sp³-hybridized carbons (Fsp3) is 0.100. The SMILES string of the molecule is CN(CC(=O)N/N=C/c1cc(Br)ccc1O)S(=O)(=O)c1ccc2ccccc2c1. The minimum atomic E-state index is -3.84. The highest BCUT2D eigenvalue weighted by Gasteiger charge is 2.23. The molecule has 2 N–H and O–H groups in total. The van der Waals surface area contributed by atoms with E-state index in [0.717, 1.165) is 19.6 Å². The number of hydrogen-bond acceptors (Lipinski definition) is 5. The molecule has 0 aromatic heterocycles. The normalized spacial score (nSPS) is 12.0. The minimum absolute atomic E-state index is 0.00204. The van der Waals surface area contributed by atoms with E-state index in [-0.39, 0.29) is 10.6 Å². The van der Waals surface area contributed by atoms with Crippen LogP contribution in [0, 0.1) is 0 Å². The number of amides is 1. The summed E-state index contributed by atoms with van der Waals surface area (Å²) in [5.74, 6) is -0.607. The van der Waals surface area contributed by atoms with Crippen molar-refractivity contribution in [1.29, 1.82) is 0 Å². The average molecular weight is 476 g/mol. The van der Waals surface area contributed by atoms with Crippen LogP contribution in [0.25, 0.3) is 10.8 Å². The van der Waals surface area contributed by atoms with Crippen molar-refractivity contribution in [3.05, 3.63) is 70.7 Å². The van der Waals surface area contributed by atoms with E-state index in [9.17, 15) is 18.3 Å². The van der Waals surface area contributed by atoms with Gasteiger partial charge in [-0.3, -0.25) is 4.79 Å². The molecule has 9 heteroatoms. The van der Waals surface area contributed by atoms with Crippen LogP contribution in [0.4, 0.5) is 0 Å². The zero-order chi connectivity index (χ0) is 21.0. The molecule has 0 heterocycles. The van der Waals surface area contributed by atoms with Crippen LogP contribution in [0.2, 0.25) is 0 Å². The Morgan fingerprint density at radius 3 is 2.62 bits per heavy atom. The molecule has 3 aromatic rings. The number of carbonyl (C=O) groups is 1. The molecule has 150 valence electrons. The Labute approximate surface area is 176 Å². The average Bonchev–Trinajstić information content (AvgIpc) is 2.70. The molecule has 0 bridgehead atoms. The van der Waals surface area contributed by atoms with Crippen LogP contribution in [0.3, 0.4) is 0 Å². The predicted octanol–water partition coefficient (Wildman–Crippen LogP) is 3.08. The Balaban J connectivity index is 1.67. The summed E-state index contributed by atoms with van der Waals surface area (Å²) >= 11 is 3.28. The van der Waals surface area contributed by atoms with Crippen molar-refractivity contribution in [1.82, 2.24) is 9.73 Å². The van der Waals surface area contributed by atoms with Crippen molar-refractivity contribution >= 4 is 48.8 Å². The van der Waals surface area contributed by atoms with Crippen molar-refractivity contribution in [2.24, 2.45) is 5.10 Å². The number of fused-ring (bicyclic) bond motifs is 1. The largest absolute Gasteiger partial charge is 0.507 e. The van der Waals surface area contributed by atoms with Gasteiger partial charge in [0.05, 0.1) is 17.7 Å². The standard InChI is InChI=1S/C20H18BrN3O4S/c1-24(13-20(26)23-22-12-16-10-17(21)7-9-19(16)25)29(27,28)18-8-6-14-4-2-3-5-15(14)11-18/h2-12,25H,13H2,1H3,(H,23,26)/b22-12+. The Hall–Kier alpha value is -2.75. The highest BCUT2D eigenvalue weighted by Crippen LogP contribution is 2.21. The molecule has 0 aliphatic rings. The lowest BCUT2D eigenvalue weighted by Gasteiger charge is -2.16. The molecule has 3 aromatic carbocycles. The number of rotatable bonds is 6. The lowest BCUT2D eigenvalue weighted by Crippen LogP contribution is -2.36. The Kier molecular flexibility index (Phi) is 6.31. The molecular formula is C20H18BrN3O4S. The van der Waals surface area contributed by atoms with Crippen molar-refractivity contribution in [2.75, 3.05) is 13.6 Å². The predicted molar refractivity (Wildman–Crippen MR) is 115 cm³/mol. The number of halogens is 1. The summed E-state index contributed by atoms with van der Waals surface area (Å²) in [6.45, 7) is -0.406. The molecule has 0 saturated heterocycles. The van der Waals surface area contributed by atoms with Crippen LogP contribution < -0.4 is 5.43 Å². The van der Waals surface area contributed by atoms with E-state index in [2.05, 4.69) is 26.5 Å². The van der Waals surface area contributed by atoms with E-state index < -0.39 is 22.5 Å². The first-order valence-electron chi connectivity index (χ1n) is 8.53. The molecule has 0 fully saturated rings. The van der Waals surface area contributed by atoms with Gasteiger partial charge in [0.2, 0.25) is 10.0 Å². The maximum absolute atomic E-state index is 12.8. The van der Waals surface area contributed by atoms with Gasteiger partial charge in [0, 0.05) is 17.1 Å². The second-order valence-corrected chi connectivity index (χ2v) is 9.23. The molecule has 0 spiro atoms. The number of aromatic hydroxyl groups is 1. The van der Waals surface area contributed by atoms with Gasteiger partial charge in [-0.15, -0.1) is 0 Å². The van der Waals surface area contributed by atoms with Gasteiger partial charge in [0.1, 0.15) is 5.75 Å². The molecule has 0 saturated carbocycles. The number of nitrogens with one attached hydrogen (secondary N) is 1. The molecular weight excluding hydrogens is 458 g/mol. The number of nitrogens with zero attached hydrogens (tertiary/aromatic N) is 2. The first-order chi connectivity index (χ1) is 13.8. The van der Waals surface area contributed by atoms with E-state index >= 15 is 0 Å². The van der Waals surface area contributed by atoms with Crippen molar-refractivity contribution in [3.63, 3.8) is 0 Å². The smallest absolute Gasteiger partial charge is 0.255 e. The third-order valence-corrected chi connectivity index (χ3v) is 6.47. The third kappa shape index (κ3) is 5.00. The van der Waals surface area contributed by atoms with Crippen LogP contribution >= 0.6 is 15.9 Å². The maximum Gasteiger partial charge on any atom is 0.255 e. The maximum atomic E-state index is 12.8. The van der Waals surface area contributed by atoms with Crippen LogP contribution in [-0.2, 0) is 14.8 Å². The van der Waals surface area contributed by atoms with Crippen LogP contribution in [-0.4, -0.2) is 43.5 Å². The number of sulfonamides is 1. The van der Waals surface area contributed by atoms with Gasteiger partial charge < -0.3 is 5.11 Å². The molecule has 0 radical (unpaired) electrons. The highest BCUT2D eigenvalue weighted by atomic mass is 79.9. The van der Waals surface area contributed by atoms with E-state index in [4.69, 9.17) is 0 Å². The lowest BCUT2D eigenvalue weighted by atomic mass is 10.1. The second-order valence-electron chi connectivity index (χ2n) is 6.27. The zero-order valence-corrected chi connectivity index (χ0v) is 17.8. The van der Waals surface area contributed by atoms with Crippen LogP contribution in [0.15, 0.2) is 75.1 Å². The van der Waals surface area contributed by atoms with Crippen molar-refractivity contribution in [2.45, 2.75) is 4.90 Å². The molecule has 3 rings (SSSR count). The molecule has 7 nitrogen and oxygen atoms in total. The van der Waals surface area contributed by atoms with Gasteiger partial charge in [-0.1, -0.05) is 46.3 Å². The Morgan fingerprint density at radius 1 is 1.14 bits per heavy atom. The second kappa shape index (κ2) is 8.73. The molecule has 0 aliphatic carbocycles. The van der Waals surface area contributed by atoms with Gasteiger partial charge >= 0.3 is 0 Å². The van der Waals surface area contributed by atoms with Crippen molar-refractivity contribution < 1.29 is 18.3 Å². The number of hydrogen-bond donors (Lipinski definition) is 2. The summed E-state index contributed by atoms with van der Waals surface area (Å²) in [7, 11) is -2.51. The summed E-state index contributed by atoms with van der Waals surface area (Å²) < 4.78 is 27.2. The van der Waals surface area contributed by atoms with Crippen LogP contribution in [0.5, 0.6) is 5.75 Å². The van der Waals surface area contributed by atoms with Gasteiger partial charge in [-0.2, -0.15) is 9.41 Å². The first-order valence-corrected chi connectivity index (χ1v) is 10.8. The zero-order valence-electron chi connectivity index (χ0n) is 15.4. The third-order valence-electron chi connectivity index (χ3n) is 4.18. The monoisotopic (exact) mass is 475 g/mol. The quantitative estimate of drug-likeness (QED) is 0.422. The van der Waals surface area contributed by atoms with E-state index in [1.54, 1.807) is 24.3 Å². The highest BCUT2D eigenvalue weighted by molar-refractivity contribution is 9.10.